The molecule has 0 atom stereocenters. The van der Waals surface area contributed by atoms with Crippen molar-refractivity contribution in [2.75, 3.05) is 0 Å². The van der Waals surface area contributed by atoms with Crippen molar-refractivity contribution < 1.29 is 4.79 Å². The van der Waals surface area contributed by atoms with E-state index < -0.39 is 5.91 Å². The fourth-order valence-electron chi connectivity index (χ4n) is 3.15. The Bertz CT molecular complexity index is 1130. The molecule has 4 aromatic rings. The van der Waals surface area contributed by atoms with Crippen molar-refractivity contribution in [2.24, 2.45) is 5.73 Å². The summed E-state index contributed by atoms with van der Waals surface area (Å²) in [5.74, 6) is 0.167. The van der Waals surface area contributed by atoms with Gasteiger partial charge in [0.2, 0.25) is 0 Å². The summed E-state index contributed by atoms with van der Waals surface area (Å²) in [5.41, 5.74) is 9.61. The number of hydrogen-bond acceptors (Lipinski definition) is 3. The molecule has 0 saturated heterocycles. The van der Waals surface area contributed by atoms with Crippen LogP contribution in [-0.4, -0.2) is 25.1 Å². The number of primary amides is 1. The molecule has 0 aliphatic rings. The first-order chi connectivity index (χ1) is 12.6. The van der Waals surface area contributed by atoms with Crippen LogP contribution in [-0.2, 0) is 6.42 Å². The quantitative estimate of drug-likeness (QED) is 0.601. The molecule has 0 spiro atoms. The third-order valence-corrected chi connectivity index (χ3v) is 4.63. The topological polar surface area (TPSA) is 78.2 Å². The van der Waals surface area contributed by atoms with Crippen molar-refractivity contribution in [3.05, 3.63) is 71.4 Å². The molecule has 0 bridgehead atoms. The number of carbonyl (C=O) groups is 1. The molecule has 1 aromatic carbocycles. The molecule has 0 aliphatic carbocycles. The Balaban J connectivity index is 1.97. The summed E-state index contributed by atoms with van der Waals surface area (Å²) in [5, 5.41) is 4.78. The summed E-state index contributed by atoms with van der Waals surface area (Å²) < 4.78 is 3.52. The molecule has 7 heteroatoms. The van der Waals surface area contributed by atoms with Crippen LogP contribution in [0.4, 0.5) is 0 Å². The van der Waals surface area contributed by atoms with Crippen LogP contribution in [0, 0.1) is 0 Å². The highest BCUT2D eigenvalue weighted by Crippen LogP contribution is 2.32. The third-order valence-electron chi connectivity index (χ3n) is 4.39. The molecule has 1 amide bonds. The first-order valence-electron chi connectivity index (χ1n) is 8.17. The zero-order valence-corrected chi connectivity index (χ0v) is 14.8. The predicted molar refractivity (Wildman–Crippen MR) is 101 cm³/mol. The minimum absolute atomic E-state index is 0.422. The number of fused-ring (bicyclic) bond motifs is 1. The van der Waals surface area contributed by atoms with Crippen LogP contribution in [0.5, 0.6) is 0 Å². The van der Waals surface area contributed by atoms with Crippen molar-refractivity contribution in [3.8, 4) is 16.9 Å². The number of nitrogens with two attached hydrogens (primary N) is 1. The second-order valence-electron chi connectivity index (χ2n) is 5.93. The molecule has 0 unspecified atom stereocenters. The average Bonchev–Trinajstić information content (AvgIpc) is 3.28. The number of aryl methyl sites for hydroxylation is 1. The van der Waals surface area contributed by atoms with Crippen LogP contribution < -0.4 is 5.73 Å². The molecule has 3 aromatic heterocycles. The number of aromatic nitrogens is 4. The Morgan fingerprint density at radius 3 is 2.85 bits per heavy atom. The Labute approximate surface area is 154 Å². The van der Waals surface area contributed by atoms with Crippen molar-refractivity contribution in [1.29, 1.82) is 0 Å². The zero-order chi connectivity index (χ0) is 18.3. The van der Waals surface area contributed by atoms with Crippen LogP contribution in [0.1, 0.15) is 22.8 Å². The Hall–Kier alpha value is -3.12. The van der Waals surface area contributed by atoms with E-state index in [-0.39, 0.29) is 0 Å². The van der Waals surface area contributed by atoms with E-state index in [1.165, 1.54) is 6.33 Å². The minimum Gasteiger partial charge on any atom is -0.366 e. The number of nitrogens with zero attached hydrogens (tertiary/aromatic N) is 4. The van der Waals surface area contributed by atoms with E-state index in [0.29, 0.717) is 16.4 Å². The first-order valence-corrected chi connectivity index (χ1v) is 8.55. The lowest BCUT2D eigenvalue weighted by Crippen LogP contribution is -2.11. The van der Waals surface area contributed by atoms with E-state index in [1.807, 2.05) is 42.7 Å². The number of amides is 1. The molecule has 0 fully saturated rings. The fourth-order valence-corrected chi connectivity index (χ4v) is 3.32. The lowest BCUT2D eigenvalue weighted by molar-refractivity contribution is 0.100. The molecule has 130 valence electrons. The van der Waals surface area contributed by atoms with Crippen LogP contribution in [0.25, 0.3) is 22.5 Å². The van der Waals surface area contributed by atoms with E-state index in [2.05, 4.69) is 17.0 Å². The van der Waals surface area contributed by atoms with Crippen molar-refractivity contribution in [2.45, 2.75) is 13.3 Å². The van der Waals surface area contributed by atoms with Gasteiger partial charge in [0.1, 0.15) is 11.8 Å². The van der Waals surface area contributed by atoms with Gasteiger partial charge in [-0.15, -0.1) is 0 Å². The van der Waals surface area contributed by atoms with Gasteiger partial charge in [-0.1, -0.05) is 24.6 Å². The highest BCUT2D eigenvalue weighted by molar-refractivity contribution is 6.31. The summed E-state index contributed by atoms with van der Waals surface area (Å²) in [6.07, 6.45) is 7.69. The molecule has 2 N–H and O–H groups in total. The summed E-state index contributed by atoms with van der Waals surface area (Å²) >= 11 is 6.20. The summed E-state index contributed by atoms with van der Waals surface area (Å²) in [6.45, 7) is 2.06. The lowest BCUT2D eigenvalue weighted by Gasteiger charge is -2.08. The SMILES string of the molecule is CCc1ccc(Cl)cc1-c1cn(-c2ncnn3cccc23)cc1C(N)=O. The van der Waals surface area contributed by atoms with Crippen LogP contribution in [0.2, 0.25) is 5.02 Å². The van der Waals surface area contributed by atoms with E-state index in [1.54, 1.807) is 15.3 Å². The average molecular weight is 366 g/mol. The van der Waals surface area contributed by atoms with Gasteiger partial charge in [0.05, 0.1) is 5.56 Å². The largest absolute Gasteiger partial charge is 0.366 e. The zero-order valence-electron chi connectivity index (χ0n) is 14.1. The van der Waals surface area contributed by atoms with E-state index in [4.69, 9.17) is 17.3 Å². The van der Waals surface area contributed by atoms with Gasteiger partial charge in [-0.05, 0) is 41.8 Å². The summed E-state index contributed by atoms with van der Waals surface area (Å²) in [7, 11) is 0. The number of rotatable bonds is 4. The summed E-state index contributed by atoms with van der Waals surface area (Å²) in [4.78, 5) is 16.4. The highest BCUT2D eigenvalue weighted by Gasteiger charge is 2.18. The van der Waals surface area contributed by atoms with Crippen molar-refractivity contribution in [1.82, 2.24) is 19.2 Å². The van der Waals surface area contributed by atoms with Crippen molar-refractivity contribution in [3.63, 3.8) is 0 Å². The van der Waals surface area contributed by atoms with Gasteiger partial charge >= 0.3 is 0 Å². The van der Waals surface area contributed by atoms with E-state index >= 15 is 0 Å². The van der Waals surface area contributed by atoms with Crippen LogP contribution >= 0.6 is 11.6 Å². The molecule has 6 nitrogen and oxygen atoms in total. The second kappa shape index (κ2) is 6.31. The molecular weight excluding hydrogens is 350 g/mol. The Kier molecular flexibility index (Phi) is 3.97. The van der Waals surface area contributed by atoms with Gasteiger partial charge in [0.25, 0.3) is 5.91 Å². The predicted octanol–water partition coefficient (Wildman–Crippen LogP) is 3.50. The number of hydrogen-bond donors (Lipinski definition) is 1. The molecule has 0 radical (unpaired) electrons. The van der Waals surface area contributed by atoms with Gasteiger partial charge in [0.15, 0.2) is 5.82 Å². The number of benzene rings is 1. The minimum atomic E-state index is -0.499. The fraction of sp³-hybridized carbons (Fsp3) is 0.105. The van der Waals surface area contributed by atoms with Crippen LogP contribution in [0.3, 0.4) is 0 Å². The molecule has 0 aliphatic heterocycles. The molecule has 4 rings (SSSR count). The monoisotopic (exact) mass is 365 g/mol. The highest BCUT2D eigenvalue weighted by atomic mass is 35.5. The van der Waals surface area contributed by atoms with E-state index in [9.17, 15) is 4.79 Å². The summed E-state index contributed by atoms with van der Waals surface area (Å²) in [6, 6.07) is 9.48. The third kappa shape index (κ3) is 2.64. The lowest BCUT2D eigenvalue weighted by atomic mass is 9.97. The first kappa shape index (κ1) is 16.4. The maximum absolute atomic E-state index is 12.1. The van der Waals surface area contributed by atoms with Gasteiger partial charge in [0, 0.05) is 29.2 Å². The Morgan fingerprint density at radius 1 is 1.23 bits per heavy atom. The second-order valence-corrected chi connectivity index (χ2v) is 6.37. The molecule has 3 heterocycles. The maximum Gasteiger partial charge on any atom is 0.250 e. The van der Waals surface area contributed by atoms with Gasteiger partial charge in [-0.2, -0.15) is 5.10 Å². The number of carbonyl (C=O) groups excluding carboxylic acids is 1. The van der Waals surface area contributed by atoms with Gasteiger partial charge in [-0.25, -0.2) is 9.50 Å². The number of halogens is 1. The Morgan fingerprint density at radius 2 is 2.08 bits per heavy atom. The molecular formula is C19H16ClN5O. The normalized spacial score (nSPS) is 11.2. The van der Waals surface area contributed by atoms with Crippen LogP contribution in [0.15, 0.2) is 55.2 Å². The van der Waals surface area contributed by atoms with Gasteiger partial charge < -0.3 is 10.3 Å². The smallest absolute Gasteiger partial charge is 0.250 e. The molecule has 0 saturated carbocycles. The van der Waals surface area contributed by atoms with Crippen molar-refractivity contribution >= 4 is 23.0 Å². The standard InChI is InChI=1S/C19H16ClN5O/c1-2-12-5-6-13(20)8-14(12)15-9-24(10-16(15)18(21)26)19-17-4-3-7-25(17)23-11-22-19/h3-11H,2H2,1H3,(H2,21,26). The van der Waals surface area contributed by atoms with Gasteiger partial charge in [-0.3, -0.25) is 4.79 Å². The maximum atomic E-state index is 12.1. The van der Waals surface area contributed by atoms with E-state index in [0.717, 1.165) is 28.6 Å². The molecule has 26 heavy (non-hydrogen) atoms.